The molecular formula is C19H28N2O. The van der Waals surface area contributed by atoms with Gasteiger partial charge >= 0.3 is 0 Å². The molecule has 1 saturated heterocycles. The molecule has 0 unspecified atom stereocenters. The number of benzene rings is 1. The number of hydrogen-bond acceptors (Lipinski definition) is 2. The van der Waals surface area contributed by atoms with Crippen LogP contribution in [0.15, 0.2) is 18.2 Å². The van der Waals surface area contributed by atoms with Crippen molar-refractivity contribution in [3.8, 4) is 0 Å². The van der Waals surface area contributed by atoms with E-state index in [9.17, 15) is 4.79 Å². The van der Waals surface area contributed by atoms with Crippen LogP contribution in [0.1, 0.15) is 43.2 Å². The quantitative estimate of drug-likeness (QED) is 0.922. The van der Waals surface area contributed by atoms with Crippen LogP contribution in [-0.4, -0.2) is 30.4 Å². The molecule has 1 N–H and O–H groups in total. The summed E-state index contributed by atoms with van der Waals surface area (Å²) < 4.78 is 0. The van der Waals surface area contributed by atoms with Crippen molar-refractivity contribution < 1.29 is 4.79 Å². The van der Waals surface area contributed by atoms with E-state index in [0.29, 0.717) is 6.54 Å². The van der Waals surface area contributed by atoms with Gasteiger partial charge in [-0.05, 0) is 68.3 Å². The minimum Gasteiger partial charge on any atom is -0.325 e. The molecule has 3 rings (SSSR count). The molecule has 22 heavy (non-hydrogen) atoms. The van der Waals surface area contributed by atoms with Crippen LogP contribution in [0.3, 0.4) is 0 Å². The number of amides is 1. The molecule has 0 aromatic heterocycles. The van der Waals surface area contributed by atoms with E-state index in [1.807, 2.05) is 12.1 Å². The molecule has 0 bridgehead atoms. The highest BCUT2D eigenvalue weighted by Gasteiger charge is 2.31. The van der Waals surface area contributed by atoms with E-state index >= 15 is 0 Å². The number of carbonyl (C=O) groups is 1. The van der Waals surface area contributed by atoms with Crippen molar-refractivity contribution in [1.82, 2.24) is 4.90 Å². The maximum Gasteiger partial charge on any atom is 0.238 e. The van der Waals surface area contributed by atoms with Crippen molar-refractivity contribution in [3.63, 3.8) is 0 Å². The van der Waals surface area contributed by atoms with Crippen LogP contribution in [0.25, 0.3) is 0 Å². The summed E-state index contributed by atoms with van der Waals surface area (Å²) in [5.74, 6) is 1.88. The first-order valence-electron chi connectivity index (χ1n) is 8.70. The van der Waals surface area contributed by atoms with Gasteiger partial charge in [-0.2, -0.15) is 0 Å². The normalized spacial score (nSPS) is 25.5. The highest BCUT2D eigenvalue weighted by atomic mass is 16.2. The number of anilines is 1. The number of hydrogen-bond donors (Lipinski definition) is 1. The Hall–Kier alpha value is -1.35. The first kappa shape index (κ1) is 15.5. The maximum absolute atomic E-state index is 12.3. The molecule has 2 aliphatic rings. The number of aryl methyl sites for hydroxylation is 2. The van der Waals surface area contributed by atoms with Crippen molar-refractivity contribution in [2.45, 2.75) is 46.0 Å². The highest BCUT2D eigenvalue weighted by molar-refractivity contribution is 5.92. The van der Waals surface area contributed by atoms with Gasteiger partial charge in [-0.25, -0.2) is 0 Å². The number of nitrogens with zero attached hydrogens (tertiary/aromatic N) is 1. The summed E-state index contributed by atoms with van der Waals surface area (Å²) in [6.45, 7) is 6.87. The van der Waals surface area contributed by atoms with Crippen molar-refractivity contribution in [1.29, 1.82) is 0 Å². The van der Waals surface area contributed by atoms with Crippen LogP contribution in [0.5, 0.6) is 0 Å². The molecule has 2 atom stereocenters. The summed E-state index contributed by atoms with van der Waals surface area (Å²) in [5.41, 5.74) is 3.31. The standard InChI is InChI=1S/C19H28N2O/c1-14-9-15(2)11-18(10-14)20-19(22)13-21-8-7-16-5-3-4-6-17(16)12-21/h9-11,16-17H,3-8,12-13H2,1-2H3,(H,20,22)/t16-,17+/m0/s1. The molecule has 1 amide bonds. The number of rotatable bonds is 3. The van der Waals surface area contributed by atoms with E-state index in [1.165, 1.54) is 43.2 Å². The lowest BCUT2D eigenvalue weighted by molar-refractivity contribution is -0.118. The Balaban J connectivity index is 1.53. The second kappa shape index (κ2) is 6.82. The van der Waals surface area contributed by atoms with Gasteiger partial charge in [0.25, 0.3) is 0 Å². The van der Waals surface area contributed by atoms with Gasteiger partial charge in [0.1, 0.15) is 0 Å². The lowest BCUT2D eigenvalue weighted by atomic mass is 9.75. The van der Waals surface area contributed by atoms with Gasteiger partial charge in [0.05, 0.1) is 6.54 Å². The molecule has 0 spiro atoms. The van der Waals surface area contributed by atoms with Gasteiger partial charge in [-0.1, -0.05) is 25.3 Å². The lowest BCUT2D eigenvalue weighted by Crippen LogP contribution is -2.44. The molecular weight excluding hydrogens is 272 g/mol. The number of nitrogens with one attached hydrogen (secondary N) is 1. The molecule has 2 fully saturated rings. The van der Waals surface area contributed by atoms with Crippen molar-refractivity contribution in [3.05, 3.63) is 29.3 Å². The Bertz CT molecular complexity index is 520. The molecule has 1 heterocycles. The van der Waals surface area contributed by atoms with Crippen LogP contribution < -0.4 is 5.32 Å². The van der Waals surface area contributed by atoms with E-state index in [2.05, 4.69) is 30.1 Å². The largest absolute Gasteiger partial charge is 0.325 e. The van der Waals surface area contributed by atoms with Gasteiger partial charge in [-0.15, -0.1) is 0 Å². The van der Waals surface area contributed by atoms with E-state index in [4.69, 9.17) is 0 Å². The van der Waals surface area contributed by atoms with Crippen molar-refractivity contribution >= 4 is 11.6 Å². The summed E-state index contributed by atoms with van der Waals surface area (Å²) >= 11 is 0. The molecule has 3 heteroatoms. The fraction of sp³-hybridized carbons (Fsp3) is 0.632. The Morgan fingerprint density at radius 1 is 1.09 bits per heavy atom. The Labute approximate surface area is 134 Å². The van der Waals surface area contributed by atoms with E-state index < -0.39 is 0 Å². The number of likely N-dealkylation sites (tertiary alicyclic amines) is 1. The fourth-order valence-electron chi connectivity index (χ4n) is 4.27. The summed E-state index contributed by atoms with van der Waals surface area (Å²) in [5, 5.41) is 3.06. The zero-order valence-electron chi connectivity index (χ0n) is 13.9. The smallest absolute Gasteiger partial charge is 0.238 e. The third kappa shape index (κ3) is 3.89. The molecule has 1 aliphatic heterocycles. The summed E-state index contributed by atoms with van der Waals surface area (Å²) in [6.07, 6.45) is 6.84. The average Bonchev–Trinajstić information content (AvgIpc) is 2.45. The van der Waals surface area contributed by atoms with Crippen LogP contribution in [0.2, 0.25) is 0 Å². The van der Waals surface area contributed by atoms with Crippen molar-refractivity contribution in [2.24, 2.45) is 11.8 Å². The van der Waals surface area contributed by atoms with Gasteiger partial charge < -0.3 is 5.32 Å². The number of fused-ring (bicyclic) bond motifs is 1. The van der Waals surface area contributed by atoms with E-state index in [-0.39, 0.29) is 5.91 Å². The summed E-state index contributed by atoms with van der Waals surface area (Å²) in [7, 11) is 0. The SMILES string of the molecule is Cc1cc(C)cc(NC(=O)CN2CC[C@@H]3CCCC[C@@H]3C2)c1. The monoisotopic (exact) mass is 300 g/mol. The van der Waals surface area contributed by atoms with Gasteiger partial charge in [0, 0.05) is 12.2 Å². The van der Waals surface area contributed by atoms with Crippen LogP contribution in [0.4, 0.5) is 5.69 Å². The predicted octanol–water partition coefficient (Wildman–Crippen LogP) is 3.75. The van der Waals surface area contributed by atoms with Gasteiger partial charge in [0.15, 0.2) is 0 Å². The molecule has 3 nitrogen and oxygen atoms in total. The Kier molecular flexibility index (Phi) is 4.82. The fourth-order valence-corrected chi connectivity index (χ4v) is 4.27. The minimum absolute atomic E-state index is 0.124. The minimum atomic E-state index is 0.124. The highest BCUT2D eigenvalue weighted by Crippen LogP contribution is 2.35. The zero-order valence-corrected chi connectivity index (χ0v) is 13.9. The number of carbonyl (C=O) groups excluding carboxylic acids is 1. The topological polar surface area (TPSA) is 32.3 Å². The molecule has 1 saturated carbocycles. The molecule has 1 aliphatic carbocycles. The molecule has 0 radical (unpaired) electrons. The van der Waals surface area contributed by atoms with Crippen LogP contribution >= 0.6 is 0 Å². The molecule has 1 aromatic rings. The second-order valence-electron chi connectivity index (χ2n) is 7.25. The maximum atomic E-state index is 12.3. The first-order valence-corrected chi connectivity index (χ1v) is 8.70. The second-order valence-corrected chi connectivity index (χ2v) is 7.25. The Morgan fingerprint density at radius 3 is 2.50 bits per heavy atom. The van der Waals surface area contributed by atoms with E-state index in [1.54, 1.807) is 0 Å². The van der Waals surface area contributed by atoms with Crippen LogP contribution in [-0.2, 0) is 4.79 Å². The third-order valence-electron chi connectivity index (χ3n) is 5.25. The van der Waals surface area contributed by atoms with E-state index in [0.717, 1.165) is 30.6 Å². The Morgan fingerprint density at radius 2 is 1.77 bits per heavy atom. The summed E-state index contributed by atoms with van der Waals surface area (Å²) in [4.78, 5) is 14.7. The number of piperidine rings is 1. The van der Waals surface area contributed by atoms with Gasteiger partial charge in [0.2, 0.25) is 5.91 Å². The summed E-state index contributed by atoms with van der Waals surface area (Å²) in [6, 6.07) is 6.21. The van der Waals surface area contributed by atoms with Crippen LogP contribution in [0, 0.1) is 25.7 Å². The van der Waals surface area contributed by atoms with Crippen molar-refractivity contribution in [2.75, 3.05) is 25.0 Å². The zero-order chi connectivity index (χ0) is 15.5. The third-order valence-corrected chi connectivity index (χ3v) is 5.25. The molecule has 120 valence electrons. The first-order chi connectivity index (χ1) is 10.6. The average molecular weight is 300 g/mol. The predicted molar refractivity (Wildman–Crippen MR) is 91.1 cm³/mol. The molecule has 1 aromatic carbocycles. The van der Waals surface area contributed by atoms with Gasteiger partial charge in [-0.3, -0.25) is 9.69 Å². The lowest BCUT2D eigenvalue weighted by Gasteiger charge is -2.41.